The van der Waals surface area contributed by atoms with Crippen molar-refractivity contribution in [2.45, 2.75) is 46.3 Å². The molecular formula is C7H18O2. The highest BCUT2D eigenvalue weighted by Gasteiger charge is 1.89. The first-order valence-corrected chi connectivity index (χ1v) is 3.55. The number of hydrogen-bond donors (Lipinski definition) is 2. The fourth-order valence-electron chi connectivity index (χ4n) is 0.258. The number of aliphatic hydroxyl groups excluding tert-OH is 1. The molecule has 0 spiro atoms. The van der Waals surface area contributed by atoms with Gasteiger partial charge in [-0.1, -0.05) is 33.6 Å². The first kappa shape index (κ1) is 11.7. The predicted molar refractivity (Wildman–Crippen MR) is 39.1 cm³/mol. The molecule has 0 aliphatic heterocycles. The molecule has 0 fully saturated rings. The molecule has 0 amide bonds. The van der Waals surface area contributed by atoms with E-state index >= 15 is 0 Å². The summed E-state index contributed by atoms with van der Waals surface area (Å²) in [6.07, 6.45) is 1.47. The Labute approximate surface area is 57.5 Å². The second-order valence-electron chi connectivity index (χ2n) is 1.98. The van der Waals surface area contributed by atoms with Crippen molar-refractivity contribution in [3.05, 3.63) is 0 Å². The Bertz CT molecular complexity index is 35.9. The van der Waals surface area contributed by atoms with Crippen LogP contribution in [0, 0.1) is 0 Å². The van der Waals surface area contributed by atoms with Crippen LogP contribution in [0.1, 0.15) is 40.0 Å². The van der Waals surface area contributed by atoms with Crippen molar-refractivity contribution in [2.75, 3.05) is 0 Å². The van der Waals surface area contributed by atoms with Gasteiger partial charge in [0, 0.05) is 0 Å². The van der Waals surface area contributed by atoms with E-state index in [0.29, 0.717) is 6.42 Å². The first-order valence-electron chi connectivity index (χ1n) is 3.55. The van der Waals surface area contributed by atoms with Crippen LogP contribution in [0.5, 0.6) is 0 Å². The Hall–Kier alpha value is -0.0800. The van der Waals surface area contributed by atoms with Crippen molar-refractivity contribution >= 4 is 0 Å². The minimum absolute atomic E-state index is 0.486. The molecule has 0 aliphatic rings. The zero-order valence-electron chi connectivity index (χ0n) is 6.59. The summed E-state index contributed by atoms with van der Waals surface area (Å²) in [6, 6.07) is 0. The quantitative estimate of drug-likeness (QED) is 0.562. The van der Waals surface area contributed by atoms with Crippen LogP contribution in [0.25, 0.3) is 0 Å². The van der Waals surface area contributed by atoms with Gasteiger partial charge in [0.1, 0.15) is 0 Å². The zero-order valence-corrected chi connectivity index (χ0v) is 6.59. The molecule has 0 unspecified atom stereocenters. The summed E-state index contributed by atoms with van der Waals surface area (Å²) < 4.78 is 0. The van der Waals surface area contributed by atoms with Crippen LogP contribution >= 0.6 is 0 Å². The van der Waals surface area contributed by atoms with Crippen LogP contribution in [-0.2, 0) is 0 Å². The molecule has 0 aromatic carbocycles. The van der Waals surface area contributed by atoms with E-state index in [-0.39, 0.29) is 0 Å². The van der Waals surface area contributed by atoms with Gasteiger partial charge >= 0.3 is 0 Å². The molecule has 2 nitrogen and oxygen atoms in total. The average molecular weight is 134 g/mol. The molecule has 0 rings (SSSR count). The topological polar surface area (TPSA) is 40.5 Å². The van der Waals surface area contributed by atoms with E-state index in [1.165, 1.54) is 6.42 Å². The second-order valence-corrected chi connectivity index (χ2v) is 1.98. The maximum Gasteiger partial charge on any atom is 0.151 e. The number of aliphatic hydroxyl groups is 2. The van der Waals surface area contributed by atoms with Crippen molar-refractivity contribution in [3.8, 4) is 0 Å². The van der Waals surface area contributed by atoms with E-state index in [1.807, 2.05) is 6.92 Å². The second kappa shape index (κ2) is 10.8. The molecule has 0 atom stereocenters. The minimum Gasteiger partial charge on any atom is -0.368 e. The summed E-state index contributed by atoms with van der Waals surface area (Å²) >= 11 is 0. The normalized spacial score (nSPS) is 8.67. The van der Waals surface area contributed by atoms with Crippen LogP contribution in [0.3, 0.4) is 0 Å². The molecule has 58 valence electrons. The van der Waals surface area contributed by atoms with Gasteiger partial charge in [-0.3, -0.25) is 0 Å². The monoisotopic (exact) mass is 134 g/mol. The lowest BCUT2D eigenvalue weighted by molar-refractivity contribution is -0.0453. The molecular weight excluding hydrogens is 116 g/mol. The maximum atomic E-state index is 8.11. The Kier molecular flexibility index (Phi) is 14.0. The number of rotatable bonds is 2. The molecule has 0 aliphatic carbocycles. The molecule has 0 saturated heterocycles. The summed E-state index contributed by atoms with van der Waals surface area (Å²) in [5, 5.41) is 16.2. The van der Waals surface area contributed by atoms with Gasteiger partial charge in [-0.25, -0.2) is 0 Å². The van der Waals surface area contributed by atoms with Gasteiger partial charge in [-0.05, 0) is 6.42 Å². The fourth-order valence-corrected chi connectivity index (χ4v) is 0.258. The molecule has 0 radical (unpaired) electrons. The Morgan fingerprint density at radius 1 is 1.11 bits per heavy atom. The zero-order chi connectivity index (χ0) is 7.70. The highest BCUT2D eigenvalue weighted by molar-refractivity contribution is 4.31. The van der Waals surface area contributed by atoms with E-state index in [4.69, 9.17) is 10.2 Å². The third-order valence-electron chi connectivity index (χ3n) is 0.547. The van der Waals surface area contributed by atoms with Crippen molar-refractivity contribution in [3.63, 3.8) is 0 Å². The average Bonchev–Trinajstić information content (AvgIpc) is 1.67. The highest BCUT2D eigenvalue weighted by Crippen LogP contribution is 1.88. The van der Waals surface area contributed by atoms with Crippen LogP contribution in [0.4, 0.5) is 0 Å². The molecule has 2 N–H and O–H groups in total. The van der Waals surface area contributed by atoms with Crippen molar-refractivity contribution in [1.82, 2.24) is 0 Å². The van der Waals surface area contributed by atoms with Gasteiger partial charge in [0.15, 0.2) is 6.29 Å². The van der Waals surface area contributed by atoms with Gasteiger partial charge in [0.25, 0.3) is 0 Å². The third-order valence-corrected chi connectivity index (χ3v) is 0.547. The van der Waals surface area contributed by atoms with E-state index in [2.05, 4.69) is 13.8 Å². The highest BCUT2D eigenvalue weighted by atomic mass is 16.5. The molecule has 9 heavy (non-hydrogen) atoms. The summed E-state index contributed by atoms with van der Waals surface area (Å²) in [7, 11) is 0. The Morgan fingerprint density at radius 3 is 1.44 bits per heavy atom. The van der Waals surface area contributed by atoms with Crippen molar-refractivity contribution in [2.24, 2.45) is 0 Å². The van der Waals surface area contributed by atoms with E-state index in [1.54, 1.807) is 0 Å². The van der Waals surface area contributed by atoms with E-state index in [9.17, 15) is 0 Å². The predicted octanol–water partition coefficient (Wildman–Crippen LogP) is 1.51. The van der Waals surface area contributed by atoms with Gasteiger partial charge < -0.3 is 10.2 Å². The first-order chi connectivity index (χ1) is 4.18. The lowest BCUT2D eigenvalue weighted by atomic mass is 10.3. The smallest absolute Gasteiger partial charge is 0.151 e. The molecule has 0 aromatic rings. The Morgan fingerprint density at radius 2 is 1.44 bits per heavy atom. The molecule has 0 saturated carbocycles. The maximum absolute atomic E-state index is 8.11. The van der Waals surface area contributed by atoms with E-state index in [0.717, 1.165) is 6.42 Å². The van der Waals surface area contributed by atoms with Gasteiger partial charge in [0.05, 0.1) is 0 Å². The summed E-state index contributed by atoms with van der Waals surface area (Å²) in [5.41, 5.74) is 0. The lowest BCUT2D eigenvalue weighted by Gasteiger charge is -1.94. The number of hydrogen-bond acceptors (Lipinski definition) is 2. The molecule has 2 heteroatoms. The standard InChI is InChI=1S/C4H10O2.C3H8/c1-2-3-4(5)6;1-3-2/h4-6H,2-3H2,1H3;3H2,1-2H3. The summed E-state index contributed by atoms with van der Waals surface area (Å²) in [6.45, 7) is 6.15. The summed E-state index contributed by atoms with van der Waals surface area (Å²) in [5.74, 6) is 0. The van der Waals surface area contributed by atoms with Gasteiger partial charge in [-0.2, -0.15) is 0 Å². The van der Waals surface area contributed by atoms with Gasteiger partial charge in [-0.15, -0.1) is 0 Å². The van der Waals surface area contributed by atoms with Crippen LogP contribution < -0.4 is 0 Å². The van der Waals surface area contributed by atoms with Crippen LogP contribution in [0.15, 0.2) is 0 Å². The largest absolute Gasteiger partial charge is 0.368 e. The molecule has 0 aromatic heterocycles. The molecule has 0 heterocycles. The van der Waals surface area contributed by atoms with Crippen LogP contribution in [-0.4, -0.2) is 16.5 Å². The lowest BCUT2D eigenvalue weighted by Crippen LogP contribution is -2.01. The van der Waals surface area contributed by atoms with E-state index < -0.39 is 6.29 Å². The van der Waals surface area contributed by atoms with Crippen molar-refractivity contribution in [1.29, 1.82) is 0 Å². The van der Waals surface area contributed by atoms with Crippen molar-refractivity contribution < 1.29 is 10.2 Å². The Balaban J connectivity index is 0. The molecule has 0 bridgehead atoms. The third kappa shape index (κ3) is 32.6. The van der Waals surface area contributed by atoms with Gasteiger partial charge in [0.2, 0.25) is 0 Å². The SMILES string of the molecule is CCC.CCCC(O)O. The van der Waals surface area contributed by atoms with Crippen LogP contribution in [0.2, 0.25) is 0 Å². The summed E-state index contributed by atoms with van der Waals surface area (Å²) in [4.78, 5) is 0. The minimum atomic E-state index is -1.10. The fraction of sp³-hybridized carbons (Fsp3) is 1.00.